The van der Waals surface area contributed by atoms with Gasteiger partial charge in [0.25, 0.3) is 0 Å². The van der Waals surface area contributed by atoms with Crippen LogP contribution in [0.25, 0.3) is 11.0 Å². The van der Waals surface area contributed by atoms with Gasteiger partial charge in [-0.05, 0) is 25.5 Å². The molecule has 0 aliphatic heterocycles. The van der Waals surface area contributed by atoms with Crippen LogP contribution in [0.2, 0.25) is 0 Å². The molecule has 21 heavy (non-hydrogen) atoms. The molecule has 1 aromatic heterocycles. The minimum absolute atomic E-state index is 0.0458. The molecule has 0 radical (unpaired) electrons. The summed E-state index contributed by atoms with van der Waals surface area (Å²) < 4.78 is 7.58. The maximum Gasteiger partial charge on any atom is 0.338 e. The van der Waals surface area contributed by atoms with Gasteiger partial charge in [0.05, 0.1) is 23.2 Å². The highest BCUT2D eigenvalue weighted by Gasteiger charge is 2.51. The van der Waals surface area contributed by atoms with Crippen LogP contribution in [-0.4, -0.2) is 38.8 Å². The van der Waals surface area contributed by atoms with Gasteiger partial charge in [-0.2, -0.15) is 0 Å². The lowest BCUT2D eigenvalue weighted by Gasteiger charge is -2.51. The quantitative estimate of drug-likeness (QED) is 0.935. The molecule has 1 heterocycles. The molecule has 1 aliphatic carbocycles. The highest BCUT2D eigenvalue weighted by Crippen LogP contribution is 2.51. The lowest BCUT2D eigenvalue weighted by molar-refractivity contribution is -0.130. The highest BCUT2D eigenvalue weighted by molar-refractivity contribution is 6.00. The fraction of sp³-hybridized carbons (Fsp3) is 0.533. The van der Waals surface area contributed by atoms with Gasteiger partial charge < -0.3 is 9.84 Å². The molecule has 3 rings (SSSR count). The summed E-state index contributed by atoms with van der Waals surface area (Å²) in [5.74, 6) is -0.979. The Morgan fingerprint density at radius 1 is 1.52 bits per heavy atom. The van der Waals surface area contributed by atoms with E-state index < -0.39 is 5.97 Å². The van der Waals surface area contributed by atoms with Crippen LogP contribution in [-0.2, 0) is 4.74 Å². The summed E-state index contributed by atoms with van der Waals surface area (Å²) >= 11 is 0. The Labute approximate surface area is 122 Å². The Morgan fingerprint density at radius 3 is 2.90 bits per heavy atom. The smallest absolute Gasteiger partial charge is 0.338 e. The molecule has 1 saturated carbocycles. The molecular formula is C15H19N3O3. The fourth-order valence-corrected chi connectivity index (χ4v) is 3.13. The van der Waals surface area contributed by atoms with Crippen molar-refractivity contribution in [1.82, 2.24) is 15.0 Å². The van der Waals surface area contributed by atoms with Gasteiger partial charge >= 0.3 is 5.97 Å². The second-order valence-electron chi connectivity index (χ2n) is 6.03. The highest BCUT2D eigenvalue weighted by atomic mass is 16.5. The normalized spacial score (nSPS) is 24.0. The average Bonchev–Trinajstić information content (AvgIpc) is 2.86. The SMILES string of the molecule is CCOC1CC(n2nnc3c(C(=O)O)cccc32)C1(C)C. The van der Waals surface area contributed by atoms with Crippen molar-refractivity contribution >= 4 is 17.0 Å². The Balaban J connectivity index is 2.00. The summed E-state index contributed by atoms with van der Waals surface area (Å²) in [5.41, 5.74) is 1.36. The zero-order chi connectivity index (χ0) is 15.2. The zero-order valence-corrected chi connectivity index (χ0v) is 12.4. The summed E-state index contributed by atoms with van der Waals surface area (Å²) in [6.07, 6.45) is 1.07. The molecule has 1 aliphatic rings. The number of carboxylic acid groups (broad SMARTS) is 1. The summed E-state index contributed by atoms with van der Waals surface area (Å²) in [6, 6.07) is 5.32. The Hall–Kier alpha value is -1.95. The number of rotatable bonds is 4. The van der Waals surface area contributed by atoms with E-state index in [0.29, 0.717) is 12.1 Å². The van der Waals surface area contributed by atoms with Gasteiger partial charge in [-0.15, -0.1) is 5.10 Å². The molecule has 0 spiro atoms. The largest absolute Gasteiger partial charge is 0.478 e. The number of ether oxygens (including phenoxy) is 1. The Kier molecular flexibility index (Phi) is 3.20. The van der Waals surface area contributed by atoms with E-state index in [2.05, 4.69) is 24.2 Å². The second-order valence-corrected chi connectivity index (χ2v) is 6.03. The molecule has 112 valence electrons. The summed E-state index contributed by atoms with van der Waals surface area (Å²) in [6.45, 7) is 6.99. The molecule has 1 fully saturated rings. The predicted molar refractivity (Wildman–Crippen MR) is 77.3 cm³/mol. The van der Waals surface area contributed by atoms with Crippen LogP contribution in [0, 0.1) is 5.41 Å². The number of fused-ring (bicyclic) bond motifs is 1. The number of aromatic carboxylic acids is 1. The van der Waals surface area contributed by atoms with E-state index in [9.17, 15) is 9.90 Å². The van der Waals surface area contributed by atoms with Gasteiger partial charge in [-0.3, -0.25) is 0 Å². The van der Waals surface area contributed by atoms with E-state index in [-0.39, 0.29) is 23.1 Å². The number of hydrogen-bond donors (Lipinski definition) is 1. The first-order valence-corrected chi connectivity index (χ1v) is 7.15. The van der Waals surface area contributed by atoms with Crippen molar-refractivity contribution in [1.29, 1.82) is 0 Å². The number of aromatic nitrogens is 3. The van der Waals surface area contributed by atoms with E-state index in [4.69, 9.17) is 4.74 Å². The molecule has 1 N–H and O–H groups in total. The maximum atomic E-state index is 11.2. The summed E-state index contributed by atoms with van der Waals surface area (Å²) in [5, 5.41) is 17.5. The lowest BCUT2D eigenvalue weighted by Crippen LogP contribution is -2.51. The van der Waals surface area contributed by atoms with Crippen molar-refractivity contribution in [2.24, 2.45) is 5.41 Å². The van der Waals surface area contributed by atoms with Gasteiger partial charge in [0.2, 0.25) is 0 Å². The minimum atomic E-state index is -0.979. The van der Waals surface area contributed by atoms with Crippen molar-refractivity contribution in [3.8, 4) is 0 Å². The average molecular weight is 289 g/mol. The molecule has 6 heteroatoms. The van der Waals surface area contributed by atoms with Crippen molar-refractivity contribution in [3.63, 3.8) is 0 Å². The molecule has 2 unspecified atom stereocenters. The van der Waals surface area contributed by atoms with Crippen LogP contribution in [0.3, 0.4) is 0 Å². The molecule has 2 aromatic rings. The van der Waals surface area contributed by atoms with Crippen LogP contribution in [0.15, 0.2) is 18.2 Å². The molecule has 6 nitrogen and oxygen atoms in total. The molecule has 0 saturated heterocycles. The van der Waals surface area contributed by atoms with E-state index >= 15 is 0 Å². The van der Waals surface area contributed by atoms with Crippen LogP contribution in [0.5, 0.6) is 0 Å². The van der Waals surface area contributed by atoms with Gasteiger partial charge in [0.15, 0.2) is 0 Å². The van der Waals surface area contributed by atoms with E-state index in [0.717, 1.165) is 11.9 Å². The standard InChI is InChI=1S/C15H19N3O3/c1-4-21-12-8-11(15(12,2)3)18-10-7-5-6-9(14(19)20)13(10)16-17-18/h5-7,11-12H,4,8H2,1-3H3,(H,19,20). The molecule has 0 bridgehead atoms. The van der Waals surface area contributed by atoms with Gasteiger partial charge in [0, 0.05) is 12.0 Å². The first-order valence-electron chi connectivity index (χ1n) is 7.15. The van der Waals surface area contributed by atoms with Gasteiger partial charge in [0.1, 0.15) is 5.52 Å². The second kappa shape index (κ2) is 4.80. The predicted octanol–water partition coefficient (Wildman–Crippen LogP) is 2.51. The third-order valence-electron chi connectivity index (χ3n) is 4.52. The Morgan fingerprint density at radius 2 is 2.29 bits per heavy atom. The number of benzene rings is 1. The number of carbonyl (C=O) groups is 1. The first kappa shape index (κ1) is 14.0. The first-order chi connectivity index (χ1) is 9.96. The zero-order valence-electron chi connectivity index (χ0n) is 12.4. The van der Waals surface area contributed by atoms with Crippen molar-refractivity contribution < 1.29 is 14.6 Å². The molecule has 1 aromatic carbocycles. The molecule has 0 amide bonds. The van der Waals surface area contributed by atoms with Crippen LogP contribution in [0.4, 0.5) is 0 Å². The van der Waals surface area contributed by atoms with Crippen LogP contribution in [0.1, 0.15) is 43.6 Å². The lowest BCUT2D eigenvalue weighted by atomic mass is 9.64. The van der Waals surface area contributed by atoms with E-state index in [1.165, 1.54) is 0 Å². The van der Waals surface area contributed by atoms with Gasteiger partial charge in [-0.1, -0.05) is 25.1 Å². The maximum absolute atomic E-state index is 11.2. The number of hydrogen-bond acceptors (Lipinski definition) is 4. The monoisotopic (exact) mass is 289 g/mol. The minimum Gasteiger partial charge on any atom is -0.478 e. The molecular weight excluding hydrogens is 270 g/mol. The van der Waals surface area contributed by atoms with Crippen molar-refractivity contribution in [2.45, 2.75) is 39.3 Å². The third kappa shape index (κ3) is 2.01. The topological polar surface area (TPSA) is 77.2 Å². The van der Waals surface area contributed by atoms with E-state index in [1.54, 1.807) is 12.1 Å². The van der Waals surface area contributed by atoms with E-state index in [1.807, 2.05) is 17.7 Å². The van der Waals surface area contributed by atoms with Crippen LogP contribution >= 0.6 is 0 Å². The number of nitrogens with zero attached hydrogens (tertiary/aromatic N) is 3. The van der Waals surface area contributed by atoms with Gasteiger partial charge in [-0.25, -0.2) is 9.48 Å². The summed E-state index contributed by atoms with van der Waals surface area (Å²) in [7, 11) is 0. The number of carboxylic acids is 1. The fourth-order valence-electron chi connectivity index (χ4n) is 3.13. The summed E-state index contributed by atoms with van der Waals surface area (Å²) in [4.78, 5) is 11.2. The van der Waals surface area contributed by atoms with Crippen LogP contribution < -0.4 is 0 Å². The third-order valence-corrected chi connectivity index (χ3v) is 4.52. The van der Waals surface area contributed by atoms with Crippen molar-refractivity contribution in [3.05, 3.63) is 23.8 Å². The Bertz CT molecular complexity index is 693. The van der Waals surface area contributed by atoms with Crippen molar-refractivity contribution in [2.75, 3.05) is 6.61 Å². The molecule has 2 atom stereocenters.